The maximum atomic E-state index is 12.6. The van der Waals surface area contributed by atoms with Crippen LogP contribution < -0.4 is 10.7 Å². The van der Waals surface area contributed by atoms with Crippen molar-refractivity contribution in [2.45, 2.75) is 12.5 Å². The number of methoxy groups -OCH3 is 1. The van der Waals surface area contributed by atoms with E-state index in [1.807, 2.05) is 36.4 Å². The zero-order chi connectivity index (χ0) is 17.2. The lowest BCUT2D eigenvalue weighted by atomic mass is 9.92. The van der Waals surface area contributed by atoms with Crippen LogP contribution in [0.2, 0.25) is 0 Å². The van der Waals surface area contributed by atoms with E-state index in [9.17, 15) is 4.79 Å². The van der Waals surface area contributed by atoms with E-state index >= 15 is 0 Å². The molecule has 4 rings (SSSR count). The quantitative estimate of drug-likeness (QED) is 0.765. The first-order valence-corrected chi connectivity index (χ1v) is 7.96. The van der Waals surface area contributed by atoms with Gasteiger partial charge in [-0.2, -0.15) is 0 Å². The second-order valence-electron chi connectivity index (χ2n) is 5.82. The van der Waals surface area contributed by atoms with Gasteiger partial charge >= 0.3 is 0 Å². The molecule has 0 spiro atoms. The van der Waals surface area contributed by atoms with E-state index in [0.717, 1.165) is 17.0 Å². The Labute approximate surface area is 144 Å². The number of para-hydroxylation sites is 1. The molecule has 1 atom stereocenters. The number of H-pyrrole nitrogens is 1. The molecular formula is C19H17N3O3. The molecule has 0 saturated carbocycles. The zero-order valence-electron chi connectivity index (χ0n) is 13.7. The van der Waals surface area contributed by atoms with Gasteiger partial charge < -0.3 is 19.5 Å². The largest absolute Gasteiger partial charge is 0.444 e. The van der Waals surface area contributed by atoms with Gasteiger partial charge in [-0.25, -0.2) is 4.98 Å². The Kier molecular flexibility index (Phi) is 3.95. The Bertz CT molecular complexity index is 959. The standard InChI is InChI=1S/C19H17N3O3/c1-24-17-8-15-13(7-14(17)18-10-20-11-25-18)16(23)9-19(22-15)21-12-5-3-2-4-6-12/h2-7,9-11,17H,8H2,1H3,(H2,21,22,23). The van der Waals surface area contributed by atoms with Crippen LogP contribution >= 0.6 is 0 Å². The minimum Gasteiger partial charge on any atom is -0.444 e. The zero-order valence-corrected chi connectivity index (χ0v) is 13.7. The Hall–Kier alpha value is -3.12. The van der Waals surface area contributed by atoms with Crippen molar-refractivity contribution in [2.75, 3.05) is 12.4 Å². The van der Waals surface area contributed by atoms with Gasteiger partial charge in [0.25, 0.3) is 0 Å². The smallest absolute Gasteiger partial charge is 0.191 e. The average Bonchev–Trinajstić information content (AvgIpc) is 3.16. The fourth-order valence-electron chi connectivity index (χ4n) is 3.03. The molecule has 6 heteroatoms. The first-order chi connectivity index (χ1) is 12.2. The maximum Gasteiger partial charge on any atom is 0.191 e. The number of hydrogen-bond acceptors (Lipinski definition) is 5. The van der Waals surface area contributed by atoms with E-state index < -0.39 is 0 Å². The number of nitrogens with one attached hydrogen (secondary N) is 2. The van der Waals surface area contributed by atoms with Crippen LogP contribution in [0.4, 0.5) is 11.5 Å². The van der Waals surface area contributed by atoms with Gasteiger partial charge in [0.2, 0.25) is 0 Å². The highest BCUT2D eigenvalue weighted by Crippen LogP contribution is 2.30. The molecule has 1 aliphatic rings. The number of oxazole rings is 1. The Morgan fingerprint density at radius 2 is 2.16 bits per heavy atom. The lowest BCUT2D eigenvalue weighted by Gasteiger charge is -2.24. The van der Waals surface area contributed by atoms with Crippen molar-refractivity contribution in [1.29, 1.82) is 0 Å². The van der Waals surface area contributed by atoms with Gasteiger partial charge in [0.05, 0.1) is 12.3 Å². The van der Waals surface area contributed by atoms with Crippen LogP contribution in [0.1, 0.15) is 17.0 Å². The summed E-state index contributed by atoms with van der Waals surface area (Å²) in [5.41, 5.74) is 3.13. The molecule has 0 amide bonds. The van der Waals surface area contributed by atoms with Crippen molar-refractivity contribution in [2.24, 2.45) is 0 Å². The average molecular weight is 335 g/mol. The highest BCUT2D eigenvalue weighted by Gasteiger charge is 2.26. The van der Waals surface area contributed by atoms with Crippen molar-refractivity contribution < 1.29 is 9.15 Å². The summed E-state index contributed by atoms with van der Waals surface area (Å²) in [4.78, 5) is 19.8. The van der Waals surface area contributed by atoms with Crippen LogP contribution in [0.5, 0.6) is 0 Å². The first kappa shape index (κ1) is 15.4. The van der Waals surface area contributed by atoms with Crippen LogP contribution in [0.3, 0.4) is 0 Å². The molecule has 1 aliphatic carbocycles. The van der Waals surface area contributed by atoms with Crippen LogP contribution in [-0.4, -0.2) is 23.2 Å². The number of benzene rings is 1. The van der Waals surface area contributed by atoms with Crippen molar-refractivity contribution >= 4 is 23.2 Å². The van der Waals surface area contributed by atoms with E-state index in [-0.39, 0.29) is 11.5 Å². The third-order valence-corrected chi connectivity index (χ3v) is 4.24. The molecule has 25 heavy (non-hydrogen) atoms. The van der Waals surface area contributed by atoms with Gasteiger partial charge in [-0.05, 0) is 18.2 Å². The molecule has 0 fully saturated rings. The predicted molar refractivity (Wildman–Crippen MR) is 95.7 cm³/mol. The number of rotatable bonds is 4. The van der Waals surface area contributed by atoms with Gasteiger partial charge in [-0.3, -0.25) is 4.79 Å². The number of fused-ring (bicyclic) bond motifs is 1. The number of anilines is 2. The number of pyridine rings is 1. The van der Waals surface area contributed by atoms with Crippen LogP contribution in [0.25, 0.3) is 11.6 Å². The molecule has 1 aromatic carbocycles. The summed E-state index contributed by atoms with van der Waals surface area (Å²) < 4.78 is 11.0. The molecule has 6 nitrogen and oxygen atoms in total. The summed E-state index contributed by atoms with van der Waals surface area (Å²) in [5, 5.41) is 3.22. The topological polar surface area (TPSA) is 80.1 Å². The summed E-state index contributed by atoms with van der Waals surface area (Å²) in [7, 11) is 1.64. The normalized spacial score (nSPS) is 16.2. The van der Waals surface area contributed by atoms with Crippen molar-refractivity contribution in [3.63, 3.8) is 0 Å². The van der Waals surface area contributed by atoms with Crippen molar-refractivity contribution in [3.05, 3.63) is 76.2 Å². The van der Waals surface area contributed by atoms with Crippen LogP contribution in [-0.2, 0) is 11.2 Å². The van der Waals surface area contributed by atoms with Gasteiger partial charge in [-0.1, -0.05) is 18.2 Å². The SMILES string of the molecule is COC1Cc2[nH]c(Nc3ccccc3)cc(=O)c2C=C1c1cnco1. The summed E-state index contributed by atoms with van der Waals surface area (Å²) in [5.74, 6) is 1.27. The monoisotopic (exact) mass is 335 g/mol. The summed E-state index contributed by atoms with van der Waals surface area (Å²) >= 11 is 0. The number of ether oxygens (including phenoxy) is 1. The Balaban J connectivity index is 1.74. The fraction of sp³-hybridized carbons (Fsp3) is 0.158. The summed E-state index contributed by atoms with van der Waals surface area (Å²) in [6, 6.07) is 11.3. The minimum absolute atomic E-state index is 0.0567. The molecule has 2 heterocycles. The number of hydrogen-bond donors (Lipinski definition) is 2. The minimum atomic E-state index is -0.205. The predicted octanol–water partition coefficient (Wildman–Crippen LogP) is 3.22. The van der Waals surface area contributed by atoms with Gasteiger partial charge in [0.15, 0.2) is 17.6 Å². The van der Waals surface area contributed by atoms with Crippen LogP contribution in [0.15, 0.2) is 58.2 Å². The van der Waals surface area contributed by atoms with Gasteiger partial charge in [-0.15, -0.1) is 0 Å². The molecule has 2 aromatic heterocycles. The molecule has 126 valence electrons. The number of aromatic amines is 1. The fourth-order valence-corrected chi connectivity index (χ4v) is 3.03. The molecule has 0 bridgehead atoms. The van der Waals surface area contributed by atoms with E-state index in [1.54, 1.807) is 19.4 Å². The number of nitrogens with zero attached hydrogens (tertiary/aromatic N) is 1. The Morgan fingerprint density at radius 1 is 1.32 bits per heavy atom. The molecule has 3 aromatic rings. The highest BCUT2D eigenvalue weighted by atomic mass is 16.5. The second kappa shape index (κ2) is 6.41. The maximum absolute atomic E-state index is 12.6. The van der Waals surface area contributed by atoms with E-state index in [4.69, 9.17) is 9.15 Å². The second-order valence-corrected chi connectivity index (χ2v) is 5.82. The molecule has 2 N–H and O–H groups in total. The Morgan fingerprint density at radius 3 is 2.88 bits per heavy atom. The highest BCUT2D eigenvalue weighted by molar-refractivity contribution is 5.84. The van der Waals surface area contributed by atoms with Gasteiger partial charge in [0, 0.05) is 42.1 Å². The molecule has 1 unspecified atom stereocenters. The van der Waals surface area contributed by atoms with Crippen LogP contribution in [0, 0.1) is 0 Å². The summed E-state index contributed by atoms with van der Waals surface area (Å²) in [6.07, 6.45) is 5.16. The summed E-state index contributed by atoms with van der Waals surface area (Å²) in [6.45, 7) is 0. The van der Waals surface area contributed by atoms with Crippen molar-refractivity contribution in [1.82, 2.24) is 9.97 Å². The molecular weight excluding hydrogens is 318 g/mol. The third-order valence-electron chi connectivity index (χ3n) is 4.24. The van der Waals surface area contributed by atoms with E-state index in [1.165, 1.54) is 6.39 Å². The molecule has 0 aliphatic heterocycles. The van der Waals surface area contributed by atoms with E-state index in [2.05, 4.69) is 15.3 Å². The van der Waals surface area contributed by atoms with Crippen molar-refractivity contribution in [3.8, 4) is 0 Å². The lowest BCUT2D eigenvalue weighted by molar-refractivity contribution is 0.146. The molecule has 0 saturated heterocycles. The molecule has 0 radical (unpaired) electrons. The number of aromatic nitrogens is 2. The lowest BCUT2D eigenvalue weighted by Crippen LogP contribution is -2.25. The first-order valence-electron chi connectivity index (χ1n) is 7.96. The van der Waals surface area contributed by atoms with E-state index in [0.29, 0.717) is 23.6 Å². The third kappa shape index (κ3) is 2.99. The van der Waals surface area contributed by atoms with Gasteiger partial charge in [0.1, 0.15) is 5.82 Å².